The van der Waals surface area contributed by atoms with Crippen LogP contribution in [0.3, 0.4) is 0 Å². The molecule has 0 amide bonds. The molecule has 12 heavy (non-hydrogen) atoms. The lowest BCUT2D eigenvalue weighted by Gasteiger charge is -2.34. The van der Waals surface area contributed by atoms with Crippen molar-refractivity contribution in [1.29, 1.82) is 0 Å². The van der Waals surface area contributed by atoms with Crippen LogP contribution in [0.25, 0.3) is 0 Å². The second-order valence-corrected chi connectivity index (χ2v) is 4.42. The van der Waals surface area contributed by atoms with E-state index in [4.69, 9.17) is 11.6 Å². The van der Waals surface area contributed by atoms with Gasteiger partial charge in [0.05, 0.1) is 5.50 Å². The second-order valence-electron chi connectivity index (χ2n) is 3.98. The second kappa shape index (κ2) is 4.45. The lowest BCUT2D eigenvalue weighted by Crippen LogP contribution is -2.38. The summed E-state index contributed by atoms with van der Waals surface area (Å²) in [4.78, 5) is 4.48. The van der Waals surface area contributed by atoms with Crippen molar-refractivity contribution in [3.63, 3.8) is 0 Å². The normalized spacial score (nSPS) is 24.8. The maximum absolute atomic E-state index is 6.25. The third-order valence-corrected chi connectivity index (χ3v) is 3.39. The first-order valence-corrected chi connectivity index (χ1v) is 5.04. The molecule has 0 aromatic heterocycles. The van der Waals surface area contributed by atoms with Gasteiger partial charge in [-0.1, -0.05) is 0 Å². The summed E-state index contributed by atoms with van der Waals surface area (Å²) in [5, 5.41) is 0. The van der Waals surface area contributed by atoms with Crippen LogP contribution in [0.5, 0.6) is 0 Å². The van der Waals surface area contributed by atoms with Crippen molar-refractivity contribution in [2.24, 2.45) is 5.92 Å². The van der Waals surface area contributed by atoms with Crippen LogP contribution in [-0.4, -0.2) is 49.5 Å². The molecule has 1 aliphatic rings. The molecule has 0 bridgehead atoms. The topological polar surface area (TPSA) is 6.48 Å². The minimum Gasteiger partial charge on any atom is -0.306 e. The van der Waals surface area contributed by atoms with Crippen LogP contribution in [-0.2, 0) is 0 Å². The lowest BCUT2D eigenvalue weighted by molar-refractivity contribution is 0.171. The number of piperidine rings is 1. The van der Waals surface area contributed by atoms with Gasteiger partial charge in [-0.15, -0.1) is 11.6 Å². The molecule has 1 heterocycles. The van der Waals surface area contributed by atoms with Gasteiger partial charge in [-0.05, 0) is 53.0 Å². The molecular formula is C9H19ClN2. The molecule has 72 valence electrons. The first-order chi connectivity index (χ1) is 5.61. The highest BCUT2D eigenvalue weighted by atomic mass is 35.5. The first kappa shape index (κ1) is 10.3. The van der Waals surface area contributed by atoms with Gasteiger partial charge in [-0.3, -0.25) is 4.90 Å². The van der Waals surface area contributed by atoms with E-state index in [0.717, 1.165) is 0 Å². The lowest BCUT2D eigenvalue weighted by atomic mass is 9.96. The summed E-state index contributed by atoms with van der Waals surface area (Å²) in [5.74, 6) is 0.679. The smallest absolute Gasteiger partial charge is 0.0874 e. The fraction of sp³-hybridized carbons (Fsp3) is 1.00. The zero-order valence-electron chi connectivity index (χ0n) is 8.26. The number of likely N-dealkylation sites (tertiary alicyclic amines) is 1. The highest BCUT2D eigenvalue weighted by Crippen LogP contribution is 2.24. The monoisotopic (exact) mass is 190 g/mol. The van der Waals surface area contributed by atoms with Crippen molar-refractivity contribution < 1.29 is 0 Å². The Morgan fingerprint density at radius 3 is 2.25 bits per heavy atom. The van der Waals surface area contributed by atoms with Crippen LogP contribution in [0.1, 0.15) is 12.8 Å². The van der Waals surface area contributed by atoms with Crippen LogP contribution in [0.2, 0.25) is 0 Å². The highest BCUT2D eigenvalue weighted by molar-refractivity contribution is 6.20. The number of hydrogen-bond acceptors (Lipinski definition) is 2. The van der Waals surface area contributed by atoms with E-state index in [2.05, 4.69) is 30.9 Å². The van der Waals surface area contributed by atoms with Crippen LogP contribution in [0, 0.1) is 5.92 Å². The van der Waals surface area contributed by atoms with Crippen molar-refractivity contribution in [3.8, 4) is 0 Å². The fourth-order valence-electron chi connectivity index (χ4n) is 1.73. The van der Waals surface area contributed by atoms with Crippen molar-refractivity contribution in [2.75, 3.05) is 34.2 Å². The molecule has 0 aromatic rings. The molecule has 1 atom stereocenters. The molecule has 0 N–H and O–H groups in total. The Kier molecular flexibility index (Phi) is 3.81. The predicted octanol–water partition coefficient (Wildman–Crippen LogP) is 1.45. The van der Waals surface area contributed by atoms with Crippen LogP contribution in [0.15, 0.2) is 0 Å². The van der Waals surface area contributed by atoms with Gasteiger partial charge in [0.25, 0.3) is 0 Å². The van der Waals surface area contributed by atoms with E-state index >= 15 is 0 Å². The molecule has 3 heteroatoms. The number of rotatable bonds is 2. The molecule has 1 unspecified atom stereocenters. The number of nitrogens with zero attached hydrogens (tertiary/aromatic N) is 2. The molecule has 1 fully saturated rings. The summed E-state index contributed by atoms with van der Waals surface area (Å²) in [7, 11) is 6.28. The maximum atomic E-state index is 6.25. The summed E-state index contributed by atoms with van der Waals surface area (Å²) in [6, 6.07) is 0. The Hall–Kier alpha value is 0.210. The van der Waals surface area contributed by atoms with E-state index < -0.39 is 0 Å². The largest absolute Gasteiger partial charge is 0.306 e. The quantitative estimate of drug-likeness (QED) is 0.481. The van der Waals surface area contributed by atoms with Gasteiger partial charge in [-0.25, -0.2) is 0 Å². The molecular weight excluding hydrogens is 172 g/mol. The van der Waals surface area contributed by atoms with Gasteiger partial charge in [0.1, 0.15) is 0 Å². The standard InChI is InChI=1S/C9H19ClN2/c1-11(2)9(10)8-4-6-12(3)7-5-8/h8-9H,4-7H2,1-3H3. The Bertz CT molecular complexity index is 130. The third-order valence-electron chi connectivity index (χ3n) is 2.65. The number of alkyl halides is 1. The molecule has 1 saturated heterocycles. The molecule has 1 aliphatic heterocycles. The third kappa shape index (κ3) is 2.61. The average molecular weight is 191 g/mol. The summed E-state index contributed by atoms with van der Waals surface area (Å²) < 4.78 is 0. The molecule has 1 rings (SSSR count). The van der Waals surface area contributed by atoms with Gasteiger partial charge in [-0.2, -0.15) is 0 Å². The van der Waals surface area contributed by atoms with Crippen molar-refractivity contribution in [1.82, 2.24) is 9.80 Å². The molecule has 0 spiro atoms. The summed E-state index contributed by atoms with van der Waals surface area (Å²) in [6.07, 6.45) is 2.48. The minimum atomic E-state index is 0.221. The minimum absolute atomic E-state index is 0.221. The Balaban J connectivity index is 2.34. The zero-order chi connectivity index (χ0) is 9.14. The van der Waals surface area contributed by atoms with E-state index in [0.29, 0.717) is 5.92 Å². The van der Waals surface area contributed by atoms with Crippen molar-refractivity contribution in [2.45, 2.75) is 18.3 Å². The van der Waals surface area contributed by atoms with Crippen molar-refractivity contribution in [3.05, 3.63) is 0 Å². The fourth-order valence-corrected chi connectivity index (χ4v) is 1.98. The summed E-state index contributed by atoms with van der Waals surface area (Å²) in [5.41, 5.74) is 0.221. The Labute approximate surface area is 80.5 Å². The molecule has 0 aromatic carbocycles. The van der Waals surface area contributed by atoms with Gasteiger partial charge >= 0.3 is 0 Å². The van der Waals surface area contributed by atoms with E-state index in [-0.39, 0.29) is 5.50 Å². The number of halogens is 1. The van der Waals surface area contributed by atoms with E-state index in [1.165, 1.54) is 25.9 Å². The molecule has 0 radical (unpaired) electrons. The molecule has 2 nitrogen and oxygen atoms in total. The van der Waals surface area contributed by atoms with Gasteiger partial charge in [0, 0.05) is 0 Å². The van der Waals surface area contributed by atoms with Crippen LogP contribution < -0.4 is 0 Å². The van der Waals surface area contributed by atoms with Crippen molar-refractivity contribution >= 4 is 11.6 Å². The van der Waals surface area contributed by atoms with Gasteiger partial charge in [0.2, 0.25) is 0 Å². The Morgan fingerprint density at radius 2 is 1.83 bits per heavy atom. The highest BCUT2D eigenvalue weighted by Gasteiger charge is 2.24. The SMILES string of the molecule is CN1CCC(C(Cl)N(C)C)CC1. The van der Waals surface area contributed by atoms with E-state index in [1.807, 2.05) is 0 Å². The maximum Gasteiger partial charge on any atom is 0.0874 e. The van der Waals surface area contributed by atoms with Gasteiger partial charge < -0.3 is 4.90 Å². The summed E-state index contributed by atoms with van der Waals surface area (Å²) in [6.45, 7) is 2.39. The van der Waals surface area contributed by atoms with E-state index in [1.54, 1.807) is 0 Å². The number of hydrogen-bond donors (Lipinski definition) is 0. The molecule has 0 saturated carbocycles. The first-order valence-electron chi connectivity index (χ1n) is 4.60. The molecule has 0 aliphatic carbocycles. The van der Waals surface area contributed by atoms with Gasteiger partial charge in [0.15, 0.2) is 0 Å². The van der Waals surface area contributed by atoms with E-state index in [9.17, 15) is 0 Å². The predicted molar refractivity (Wildman–Crippen MR) is 53.5 cm³/mol. The van der Waals surface area contributed by atoms with Crippen LogP contribution in [0.4, 0.5) is 0 Å². The van der Waals surface area contributed by atoms with Crippen LogP contribution >= 0.6 is 11.6 Å². The Morgan fingerprint density at radius 1 is 1.33 bits per heavy atom. The summed E-state index contributed by atoms with van der Waals surface area (Å²) >= 11 is 6.25. The zero-order valence-corrected chi connectivity index (χ0v) is 9.01. The average Bonchev–Trinajstić information content (AvgIpc) is 2.04.